The van der Waals surface area contributed by atoms with Crippen LogP contribution in [0.1, 0.15) is 64.2 Å². The van der Waals surface area contributed by atoms with Crippen molar-refractivity contribution in [1.29, 1.82) is 0 Å². The minimum absolute atomic E-state index is 0.467. The first kappa shape index (κ1) is 14.8. The van der Waals surface area contributed by atoms with Crippen LogP contribution < -0.4 is 5.73 Å². The molecule has 0 aromatic heterocycles. The van der Waals surface area contributed by atoms with Crippen molar-refractivity contribution in [2.45, 2.75) is 82.3 Å². The van der Waals surface area contributed by atoms with Crippen LogP contribution in [0, 0.1) is 0 Å². The van der Waals surface area contributed by atoms with Crippen LogP contribution in [-0.4, -0.2) is 54.1 Å². The number of likely N-dealkylation sites (tertiary alicyclic amines) is 2. The van der Waals surface area contributed by atoms with Gasteiger partial charge in [0.2, 0.25) is 0 Å². The van der Waals surface area contributed by atoms with E-state index in [0.717, 1.165) is 12.1 Å². The molecule has 0 amide bonds. The molecular formula is C17H33N3. The average molecular weight is 279 g/mol. The second-order valence-electron chi connectivity index (χ2n) is 7.31. The average Bonchev–Trinajstić information content (AvgIpc) is 2.89. The summed E-state index contributed by atoms with van der Waals surface area (Å²) in [5, 5.41) is 0. The highest BCUT2D eigenvalue weighted by molar-refractivity contribution is 4.89. The fourth-order valence-corrected chi connectivity index (χ4v) is 4.48. The number of hydrogen-bond donors (Lipinski definition) is 1. The van der Waals surface area contributed by atoms with Crippen molar-refractivity contribution in [1.82, 2.24) is 9.80 Å². The molecule has 1 saturated carbocycles. The van der Waals surface area contributed by atoms with Crippen LogP contribution in [0.25, 0.3) is 0 Å². The molecule has 0 spiro atoms. The Kier molecular flexibility index (Phi) is 5.36. The first-order valence-electron chi connectivity index (χ1n) is 9.06. The van der Waals surface area contributed by atoms with Gasteiger partial charge in [0, 0.05) is 31.2 Å². The maximum atomic E-state index is 6.03. The van der Waals surface area contributed by atoms with E-state index >= 15 is 0 Å². The topological polar surface area (TPSA) is 32.5 Å². The standard InChI is InChI=1S/C17H33N3/c18-15-8-11-19(12-9-15)17-10-13-20(14-17)16-6-4-2-1-3-5-7-16/h15-17H,1-14,18H2. The first-order valence-corrected chi connectivity index (χ1v) is 9.06. The highest BCUT2D eigenvalue weighted by Gasteiger charge is 2.32. The number of hydrogen-bond acceptors (Lipinski definition) is 3. The number of piperidine rings is 1. The van der Waals surface area contributed by atoms with Crippen LogP contribution in [0.2, 0.25) is 0 Å². The zero-order chi connectivity index (χ0) is 13.8. The molecule has 2 aliphatic heterocycles. The van der Waals surface area contributed by atoms with Gasteiger partial charge in [-0.25, -0.2) is 0 Å². The predicted molar refractivity (Wildman–Crippen MR) is 84.9 cm³/mol. The molecule has 3 fully saturated rings. The summed E-state index contributed by atoms with van der Waals surface area (Å²) in [4.78, 5) is 5.55. The van der Waals surface area contributed by atoms with E-state index in [1.807, 2.05) is 0 Å². The van der Waals surface area contributed by atoms with Gasteiger partial charge in [0.25, 0.3) is 0 Å². The highest BCUT2D eigenvalue weighted by atomic mass is 15.3. The van der Waals surface area contributed by atoms with Crippen LogP contribution in [0.5, 0.6) is 0 Å². The maximum Gasteiger partial charge on any atom is 0.0235 e. The number of rotatable bonds is 2. The van der Waals surface area contributed by atoms with Crippen LogP contribution >= 0.6 is 0 Å². The zero-order valence-electron chi connectivity index (χ0n) is 13.1. The molecular weight excluding hydrogens is 246 g/mol. The second kappa shape index (κ2) is 7.24. The SMILES string of the molecule is NC1CCN(C2CCN(C3CCCCCCC3)C2)CC1. The summed E-state index contributed by atoms with van der Waals surface area (Å²) in [6.45, 7) is 5.16. The molecule has 0 bridgehead atoms. The summed E-state index contributed by atoms with van der Waals surface area (Å²) in [5.74, 6) is 0. The third-order valence-corrected chi connectivity index (χ3v) is 5.88. The lowest BCUT2D eigenvalue weighted by atomic mass is 9.96. The Hall–Kier alpha value is -0.120. The summed E-state index contributed by atoms with van der Waals surface area (Å²) >= 11 is 0. The predicted octanol–water partition coefficient (Wildman–Crippen LogP) is 2.60. The number of nitrogens with zero attached hydrogens (tertiary/aromatic N) is 2. The Balaban J connectivity index is 1.48. The van der Waals surface area contributed by atoms with Gasteiger partial charge in [0.05, 0.1) is 0 Å². The van der Waals surface area contributed by atoms with Crippen LogP contribution in [-0.2, 0) is 0 Å². The lowest BCUT2D eigenvalue weighted by Crippen LogP contribution is -2.46. The smallest absolute Gasteiger partial charge is 0.0235 e. The van der Waals surface area contributed by atoms with Crippen molar-refractivity contribution in [3.05, 3.63) is 0 Å². The van der Waals surface area contributed by atoms with E-state index in [2.05, 4.69) is 9.80 Å². The van der Waals surface area contributed by atoms with Gasteiger partial charge in [0.1, 0.15) is 0 Å². The molecule has 2 heterocycles. The summed E-state index contributed by atoms with van der Waals surface area (Å²) < 4.78 is 0. The molecule has 3 rings (SSSR count). The molecule has 2 N–H and O–H groups in total. The molecule has 2 saturated heterocycles. The van der Waals surface area contributed by atoms with E-state index in [4.69, 9.17) is 5.73 Å². The van der Waals surface area contributed by atoms with Crippen molar-refractivity contribution in [2.24, 2.45) is 5.73 Å². The molecule has 0 radical (unpaired) electrons. The molecule has 3 nitrogen and oxygen atoms in total. The molecule has 1 atom stereocenters. The summed E-state index contributed by atoms with van der Waals surface area (Å²) in [7, 11) is 0. The third-order valence-electron chi connectivity index (χ3n) is 5.88. The van der Waals surface area contributed by atoms with Crippen LogP contribution in [0.4, 0.5) is 0 Å². The number of nitrogens with two attached hydrogens (primary N) is 1. The maximum absolute atomic E-state index is 6.03. The fraction of sp³-hybridized carbons (Fsp3) is 1.00. The van der Waals surface area contributed by atoms with Gasteiger partial charge in [-0.2, -0.15) is 0 Å². The van der Waals surface area contributed by atoms with E-state index in [1.165, 1.54) is 90.4 Å². The molecule has 20 heavy (non-hydrogen) atoms. The first-order chi connectivity index (χ1) is 9.83. The van der Waals surface area contributed by atoms with E-state index < -0.39 is 0 Å². The third kappa shape index (κ3) is 3.75. The van der Waals surface area contributed by atoms with Gasteiger partial charge in [0.15, 0.2) is 0 Å². The molecule has 116 valence electrons. The van der Waals surface area contributed by atoms with E-state index in [0.29, 0.717) is 6.04 Å². The van der Waals surface area contributed by atoms with Gasteiger partial charge in [-0.15, -0.1) is 0 Å². The minimum Gasteiger partial charge on any atom is -0.328 e. The summed E-state index contributed by atoms with van der Waals surface area (Å²) in [5.41, 5.74) is 6.03. The summed E-state index contributed by atoms with van der Waals surface area (Å²) in [6.07, 6.45) is 14.1. The Labute approximate surface area is 124 Å². The van der Waals surface area contributed by atoms with Crippen molar-refractivity contribution in [3.8, 4) is 0 Å². The quantitative estimate of drug-likeness (QED) is 0.843. The van der Waals surface area contributed by atoms with E-state index in [9.17, 15) is 0 Å². The van der Waals surface area contributed by atoms with E-state index in [1.54, 1.807) is 0 Å². The van der Waals surface area contributed by atoms with Crippen LogP contribution in [0.15, 0.2) is 0 Å². The van der Waals surface area contributed by atoms with Gasteiger partial charge >= 0.3 is 0 Å². The van der Waals surface area contributed by atoms with Crippen molar-refractivity contribution in [3.63, 3.8) is 0 Å². The normalized spacial score (nSPS) is 33.1. The largest absolute Gasteiger partial charge is 0.328 e. The van der Waals surface area contributed by atoms with Crippen LogP contribution in [0.3, 0.4) is 0 Å². The van der Waals surface area contributed by atoms with Gasteiger partial charge < -0.3 is 5.73 Å². The Morgan fingerprint density at radius 2 is 1.20 bits per heavy atom. The second-order valence-corrected chi connectivity index (χ2v) is 7.31. The molecule has 3 aliphatic rings. The minimum atomic E-state index is 0.467. The van der Waals surface area contributed by atoms with Crippen molar-refractivity contribution < 1.29 is 0 Å². The molecule has 0 aromatic carbocycles. The van der Waals surface area contributed by atoms with E-state index in [-0.39, 0.29) is 0 Å². The Bertz CT molecular complexity index is 278. The van der Waals surface area contributed by atoms with Gasteiger partial charge in [-0.3, -0.25) is 9.80 Å². The van der Waals surface area contributed by atoms with Gasteiger partial charge in [-0.05, 0) is 45.2 Å². The Morgan fingerprint density at radius 1 is 0.600 bits per heavy atom. The molecule has 1 unspecified atom stereocenters. The lowest BCUT2D eigenvalue weighted by molar-refractivity contribution is 0.137. The lowest BCUT2D eigenvalue weighted by Gasteiger charge is -2.35. The summed E-state index contributed by atoms with van der Waals surface area (Å²) in [6, 6.07) is 2.19. The van der Waals surface area contributed by atoms with Crippen molar-refractivity contribution in [2.75, 3.05) is 26.2 Å². The zero-order valence-corrected chi connectivity index (χ0v) is 13.1. The molecule has 0 aromatic rings. The molecule has 1 aliphatic carbocycles. The monoisotopic (exact) mass is 279 g/mol. The highest BCUT2D eigenvalue weighted by Crippen LogP contribution is 2.27. The van der Waals surface area contributed by atoms with Gasteiger partial charge in [-0.1, -0.05) is 32.1 Å². The van der Waals surface area contributed by atoms with Crippen molar-refractivity contribution >= 4 is 0 Å². The Morgan fingerprint density at radius 3 is 1.90 bits per heavy atom. The molecule has 3 heteroatoms. The fourth-order valence-electron chi connectivity index (χ4n) is 4.48.